The minimum absolute atomic E-state index is 0.0848. The fourth-order valence-electron chi connectivity index (χ4n) is 3.12. The lowest BCUT2D eigenvalue weighted by atomic mass is 10.0. The number of hydrogen-bond donors (Lipinski definition) is 0. The highest BCUT2D eigenvalue weighted by Crippen LogP contribution is 2.29. The van der Waals surface area contributed by atoms with Crippen LogP contribution in [0, 0.1) is 0 Å². The van der Waals surface area contributed by atoms with Crippen LogP contribution in [0.2, 0.25) is 0 Å². The van der Waals surface area contributed by atoms with Crippen molar-refractivity contribution in [2.45, 2.75) is 18.4 Å². The molecule has 0 saturated carbocycles. The van der Waals surface area contributed by atoms with Crippen molar-refractivity contribution in [2.24, 2.45) is 0 Å². The van der Waals surface area contributed by atoms with Gasteiger partial charge in [0.15, 0.2) is 0 Å². The normalized spacial score (nSPS) is 11.1. The molecule has 0 unspecified atom stereocenters. The zero-order valence-electron chi connectivity index (χ0n) is 16.6. The van der Waals surface area contributed by atoms with E-state index in [-0.39, 0.29) is 5.91 Å². The number of nitrogens with zero attached hydrogens (tertiary/aromatic N) is 1. The van der Waals surface area contributed by atoms with Crippen LogP contribution in [0.25, 0.3) is 5.57 Å². The van der Waals surface area contributed by atoms with Crippen molar-refractivity contribution in [3.63, 3.8) is 0 Å². The Balaban J connectivity index is 1.92. The minimum atomic E-state index is 0.0848. The van der Waals surface area contributed by atoms with Crippen LogP contribution < -0.4 is 4.90 Å². The molecule has 0 aliphatic heterocycles. The highest BCUT2D eigenvalue weighted by atomic mass is 32.2. The van der Waals surface area contributed by atoms with Crippen LogP contribution in [0.4, 0.5) is 5.69 Å². The van der Waals surface area contributed by atoms with Gasteiger partial charge in [0.1, 0.15) is 0 Å². The van der Waals surface area contributed by atoms with Gasteiger partial charge >= 0.3 is 0 Å². The van der Waals surface area contributed by atoms with Gasteiger partial charge in [0, 0.05) is 10.5 Å². The molecule has 146 valence electrons. The lowest BCUT2D eigenvalue weighted by molar-refractivity contribution is -0.116. The summed E-state index contributed by atoms with van der Waals surface area (Å²) >= 11 is 1.56. The first-order valence-electron chi connectivity index (χ1n) is 9.60. The Hall–Kier alpha value is -3.04. The molecule has 0 bridgehead atoms. The van der Waals surface area contributed by atoms with Crippen molar-refractivity contribution in [1.82, 2.24) is 0 Å². The summed E-state index contributed by atoms with van der Waals surface area (Å²) in [6.45, 7) is 6.39. The molecular formula is C26H25NOS. The van der Waals surface area contributed by atoms with Crippen LogP contribution in [0.3, 0.4) is 0 Å². The van der Waals surface area contributed by atoms with Crippen molar-refractivity contribution < 1.29 is 4.79 Å². The zero-order valence-corrected chi connectivity index (χ0v) is 17.4. The molecule has 3 aromatic rings. The number of hydrogen-bond acceptors (Lipinski definition) is 2. The first-order valence-corrected chi connectivity index (χ1v) is 10.6. The average molecular weight is 400 g/mol. The summed E-state index contributed by atoms with van der Waals surface area (Å²) in [5, 5.41) is 0. The molecule has 0 aromatic heterocycles. The molecule has 3 rings (SSSR count). The monoisotopic (exact) mass is 399 g/mol. The van der Waals surface area contributed by atoms with E-state index < -0.39 is 0 Å². The van der Waals surface area contributed by atoms with Crippen molar-refractivity contribution >= 4 is 28.9 Å². The van der Waals surface area contributed by atoms with Gasteiger partial charge in [-0.05, 0) is 36.3 Å². The van der Waals surface area contributed by atoms with Gasteiger partial charge in [-0.25, -0.2) is 0 Å². The Morgan fingerprint density at radius 2 is 1.55 bits per heavy atom. The maximum Gasteiger partial charge on any atom is 0.237 e. The Morgan fingerprint density at radius 1 is 0.931 bits per heavy atom. The highest BCUT2D eigenvalue weighted by molar-refractivity contribution is 8.00. The molecule has 2 nitrogen and oxygen atoms in total. The first kappa shape index (κ1) is 20.7. The van der Waals surface area contributed by atoms with E-state index in [0.29, 0.717) is 12.3 Å². The summed E-state index contributed by atoms with van der Waals surface area (Å²) in [6.07, 6.45) is 3.75. The number of carbonyl (C=O) groups excluding carboxylic acids is 1. The number of benzene rings is 3. The molecule has 0 saturated heterocycles. The van der Waals surface area contributed by atoms with Crippen LogP contribution in [0.5, 0.6) is 0 Å². The number of rotatable bonds is 8. The van der Waals surface area contributed by atoms with E-state index in [9.17, 15) is 4.79 Å². The third kappa shape index (κ3) is 5.72. The van der Waals surface area contributed by atoms with Crippen LogP contribution in [0.1, 0.15) is 18.1 Å². The lowest BCUT2D eigenvalue weighted by Gasteiger charge is -2.26. The fourth-order valence-corrected chi connectivity index (χ4v) is 3.92. The number of para-hydroxylation sites is 1. The van der Waals surface area contributed by atoms with Crippen molar-refractivity contribution in [1.29, 1.82) is 0 Å². The molecule has 3 heteroatoms. The summed E-state index contributed by atoms with van der Waals surface area (Å²) in [7, 11) is 0. The maximum atomic E-state index is 13.3. The quantitative estimate of drug-likeness (QED) is 0.314. The molecule has 0 N–H and O–H groups in total. The fraction of sp³-hybridized carbons (Fsp3) is 0.115. The molecule has 0 aliphatic carbocycles. The van der Waals surface area contributed by atoms with E-state index in [4.69, 9.17) is 0 Å². The van der Waals surface area contributed by atoms with Gasteiger partial charge in [0.25, 0.3) is 0 Å². The van der Waals surface area contributed by atoms with E-state index >= 15 is 0 Å². The second kappa shape index (κ2) is 10.5. The van der Waals surface area contributed by atoms with Gasteiger partial charge in [-0.3, -0.25) is 4.79 Å². The lowest BCUT2D eigenvalue weighted by Crippen LogP contribution is -2.32. The SMILES string of the molecule is C=C/C=C(\C)c1ccccc1N(Cc1ccccc1)C(=O)CSc1ccccc1. The van der Waals surface area contributed by atoms with Gasteiger partial charge in [-0.15, -0.1) is 11.8 Å². The predicted octanol–water partition coefficient (Wildman–Crippen LogP) is 6.60. The molecule has 29 heavy (non-hydrogen) atoms. The molecule has 0 atom stereocenters. The first-order chi connectivity index (χ1) is 14.2. The molecule has 0 aliphatic rings. The number of allylic oxidation sites excluding steroid dienone is 3. The van der Waals surface area contributed by atoms with Gasteiger partial charge in [-0.1, -0.05) is 85.5 Å². The standard InChI is InChI=1S/C26H25NOS/c1-3-12-21(2)24-17-10-11-18-25(24)27(19-22-13-6-4-7-14-22)26(28)20-29-23-15-8-5-9-16-23/h3-18H,1,19-20H2,2H3/b21-12+. The topological polar surface area (TPSA) is 20.3 Å². The molecule has 0 heterocycles. The van der Waals surface area contributed by atoms with Gasteiger partial charge in [0.2, 0.25) is 5.91 Å². The summed E-state index contributed by atoms with van der Waals surface area (Å²) in [5.74, 6) is 0.469. The van der Waals surface area contributed by atoms with E-state index in [0.717, 1.165) is 27.3 Å². The predicted molar refractivity (Wildman–Crippen MR) is 125 cm³/mol. The van der Waals surface area contributed by atoms with Gasteiger partial charge < -0.3 is 4.90 Å². The Morgan fingerprint density at radius 3 is 2.24 bits per heavy atom. The number of carbonyl (C=O) groups is 1. The second-order valence-corrected chi connectivity index (χ2v) is 7.72. The molecule has 0 radical (unpaired) electrons. The molecular weight excluding hydrogens is 374 g/mol. The van der Waals surface area contributed by atoms with Crippen LogP contribution >= 0.6 is 11.8 Å². The summed E-state index contributed by atoms with van der Waals surface area (Å²) in [6, 6.07) is 28.2. The van der Waals surface area contributed by atoms with Gasteiger partial charge in [-0.2, -0.15) is 0 Å². The van der Waals surface area contributed by atoms with Gasteiger partial charge in [0.05, 0.1) is 18.0 Å². The largest absolute Gasteiger partial charge is 0.307 e. The molecule has 0 fully saturated rings. The summed E-state index contributed by atoms with van der Waals surface area (Å²) in [5.41, 5.74) is 4.15. The average Bonchev–Trinajstić information content (AvgIpc) is 2.77. The van der Waals surface area contributed by atoms with E-state index in [2.05, 4.69) is 24.8 Å². The smallest absolute Gasteiger partial charge is 0.237 e. The van der Waals surface area contributed by atoms with E-state index in [1.54, 1.807) is 17.8 Å². The zero-order chi connectivity index (χ0) is 20.5. The van der Waals surface area contributed by atoms with Crippen LogP contribution in [0.15, 0.2) is 109 Å². The third-order valence-corrected chi connectivity index (χ3v) is 5.57. The Kier molecular flexibility index (Phi) is 7.48. The van der Waals surface area contributed by atoms with Crippen molar-refractivity contribution in [3.8, 4) is 0 Å². The summed E-state index contributed by atoms with van der Waals surface area (Å²) in [4.78, 5) is 16.3. The van der Waals surface area contributed by atoms with Crippen LogP contribution in [-0.2, 0) is 11.3 Å². The molecule has 3 aromatic carbocycles. The number of amides is 1. The molecule has 1 amide bonds. The Bertz CT molecular complexity index is 980. The maximum absolute atomic E-state index is 13.3. The van der Waals surface area contributed by atoms with Crippen molar-refractivity contribution in [2.75, 3.05) is 10.7 Å². The third-order valence-electron chi connectivity index (χ3n) is 4.58. The van der Waals surface area contributed by atoms with Crippen molar-refractivity contribution in [3.05, 3.63) is 115 Å². The highest BCUT2D eigenvalue weighted by Gasteiger charge is 2.19. The van der Waals surface area contributed by atoms with E-state index in [1.165, 1.54) is 0 Å². The number of thioether (sulfide) groups is 1. The second-order valence-electron chi connectivity index (χ2n) is 6.67. The summed E-state index contributed by atoms with van der Waals surface area (Å²) < 4.78 is 0. The number of anilines is 1. The molecule has 0 spiro atoms. The Labute approximate surface area is 177 Å². The van der Waals surface area contributed by atoms with Crippen LogP contribution in [-0.4, -0.2) is 11.7 Å². The van der Waals surface area contributed by atoms with E-state index in [1.807, 2.05) is 84.6 Å². The minimum Gasteiger partial charge on any atom is -0.307 e.